The van der Waals surface area contributed by atoms with E-state index in [0.29, 0.717) is 17.5 Å². The molecule has 1 unspecified atom stereocenters. The minimum Gasteiger partial charge on any atom is -0.209 e. The predicted molar refractivity (Wildman–Crippen MR) is 257 cm³/mol. The first-order valence-electron chi connectivity index (χ1n) is 19.8. The Morgan fingerprint density at radius 3 is 1.83 bits per heavy atom. The van der Waals surface area contributed by atoms with E-state index in [-0.39, 0.29) is 3.42 Å². The minimum absolute atomic E-state index is 0.108. The van der Waals surface area contributed by atoms with E-state index >= 15 is 0 Å². The van der Waals surface area contributed by atoms with E-state index in [1.807, 2.05) is 25.1 Å². The number of thiophene rings is 1. The highest BCUT2D eigenvalue weighted by molar-refractivity contribution is 14.1. The second-order valence-electron chi connectivity index (χ2n) is 15.0. The van der Waals surface area contributed by atoms with E-state index in [1.54, 1.807) is 11.3 Å². The Bertz CT molecular complexity index is 3180. The van der Waals surface area contributed by atoms with Gasteiger partial charge in [-0.3, -0.25) is 0 Å². The highest BCUT2D eigenvalue weighted by Gasteiger charge is 2.37. The number of hydrogen-bond donors (Lipinski definition) is 0. The molecule has 0 fully saturated rings. The standard InChI is InChI=1S/C54H38IN3S/c1-3-4-22-49-46(45-32-40(28-30-50(45)59-49)37-25-23-36(24-26-37)35-14-7-5-8-15-35)34-51-56-52(38-16-9-6-10-17-38)58-53(57-51)42-19-13-18-39(31-42)41-27-29-44-43-20-11-12-21-47(43)54(2,55)48(44)33-41/h3-34H,1-2H3/b4-3-,46-34+,49-22+. The summed E-state index contributed by atoms with van der Waals surface area (Å²) >= 11 is 4.39. The summed E-state index contributed by atoms with van der Waals surface area (Å²) in [5.41, 5.74) is 14.3. The van der Waals surface area contributed by atoms with Crippen molar-refractivity contribution in [3.8, 4) is 67.3 Å². The average Bonchev–Trinajstić information content (AvgIpc) is 3.75. The molecule has 7 aromatic carbocycles. The molecule has 3 nitrogen and oxygen atoms in total. The largest absolute Gasteiger partial charge is 0.209 e. The van der Waals surface area contributed by atoms with Crippen LogP contribution in [0.4, 0.5) is 0 Å². The molecule has 1 aliphatic rings. The Balaban J connectivity index is 1.09. The lowest BCUT2D eigenvalue weighted by atomic mass is 9.94. The summed E-state index contributed by atoms with van der Waals surface area (Å²) in [7, 11) is 0. The summed E-state index contributed by atoms with van der Waals surface area (Å²) < 4.78 is 2.26. The van der Waals surface area contributed by atoms with E-state index in [9.17, 15) is 0 Å². The molecule has 0 bridgehead atoms. The van der Waals surface area contributed by atoms with Crippen LogP contribution in [0.5, 0.6) is 0 Å². The molecule has 1 atom stereocenters. The van der Waals surface area contributed by atoms with Gasteiger partial charge in [-0.1, -0.05) is 180 Å². The maximum Gasteiger partial charge on any atom is 0.164 e. The molecule has 0 N–H and O–H groups in total. The van der Waals surface area contributed by atoms with Crippen LogP contribution in [0.3, 0.4) is 0 Å². The van der Waals surface area contributed by atoms with Gasteiger partial charge in [0.15, 0.2) is 17.5 Å². The zero-order valence-electron chi connectivity index (χ0n) is 32.6. The summed E-state index contributed by atoms with van der Waals surface area (Å²) in [5, 5.41) is 2.26. The Labute approximate surface area is 362 Å². The van der Waals surface area contributed by atoms with Crippen molar-refractivity contribution in [1.82, 2.24) is 15.0 Å². The van der Waals surface area contributed by atoms with Crippen LogP contribution >= 0.6 is 33.9 Å². The van der Waals surface area contributed by atoms with Crippen LogP contribution in [0.25, 0.3) is 89.5 Å². The second kappa shape index (κ2) is 15.5. The number of alkyl halides is 1. The Kier molecular flexibility index (Phi) is 9.71. The number of benzene rings is 7. The van der Waals surface area contributed by atoms with Crippen molar-refractivity contribution in [1.29, 1.82) is 0 Å². The zero-order chi connectivity index (χ0) is 39.9. The molecule has 5 heteroatoms. The summed E-state index contributed by atoms with van der Waals surface area (Å²) in [6.07, 6.45) is 8.49. The van der Waals surface area contributed by atoms with E-state index in [4.69, 9.17) is 15.0 Å². The van der Waals surface area contributed by atoms with Gasteiger partial charge in [-0.2, -0.15) is 0 Å². The van der Waals surface area contributed by atoms with Gasteiger partial charge in [-0.15, -0.1) is 11.3 Å². The molecule has 0 saturated carbocycles. The zero-order valence-corrected chi connectivity index (χ0v) is 35.6. The first-order valence-corrected chi connectivity index (χ1v) is 21.7. The van der Waals surface area contributed by atoms with Gasteiger partial charge in [0.2, 0.25) is 0 Å². The summed E-state index contributed by atoms with van der Waals surface area (Å²) in [5.74, 6) is 1.89. The van der Waals surface area contributed by atoms with Gasteiger partial charge in [0, 0.05) is 31.0 Å². The Morgan fingerprint density at radius 1 is 0.508 bits per heavy atom. The van der Waals surface area contributed by atoms with E-state index in [1.165, 1.54) is 60.2 Å². The molecule has 59 heavy (non-hydrogen) atoms. The number of rotatable bonds is 7. The van der Waals surface area contributed by atoms with Crippen molar-refractivity contribution in [3.63, 3.8) is 0 Å². The molecule has 0 aliphatic heterocycles. The SMILES string of the molecule is C\C=C/C=c1/sc2ccc(-c3ccc(-c4ccccc4)cc3)cc2/c1=C\c1nc(-c2ccccc2)nc(-c2cccc(-c3ccc4c(c3)C(C)(I)c3ccccc3-4)c2)n1. The van der Waals surface area contributed by atoms with Gasteiger partial charge in [0.05, 0.1) is 3.42 Å². The van der Waals surface area contributed by atoms with Gasteiger partial charge in [0.25, 0.3) is 0 Å². The average molecular weight is 888 g/mol. The van der Waals surface area contributed by atoms with Crippen LogP contribution in [0.1, 0.15) is 30.8 Å². The van der Waals surface area contributed by atoms with E-state index in [2.05, 4.69) is 205 Å². The number of aromatic nitrogens is 3. The highest BCUT2D eigenvalue weighted by Crippen LogP contribution is 2.53. The molecule has 282 valence electrons. The van der Waals surface area contributed by atoms with Gasteiger partial charge < -0.3 is 0 Å². The van der Waals surface area contributed by atoms with Gasteiger partial charge >= 0.3 is 0 Å². The Morgan fingerprint density at radius 2 is 1.07 bits per heavy atom. The molecule has 0 radical (unpaired) electrons. The van der Waals surface area contributed by atoms with E-state index in [0.717, 1.165) is 26.4 Å². The summed E-state index contributed by atoms with van der Waals surface area (Å²) in [6, 6.07) is 60.6. The number of fused-ring (bicyclic) bond motifs is 4. The van der Waals surface area contributed by atoms with Crippen molar-refractivity contribution >= 4 is 56.2 Å². The molecule has 0 amide bonds. The Hall–Kier alpha value is -6.28. The first-order chi connectivity index (χ1) is 28.9. The number of allylic oxidation sites excluding steroid dienone is 2. The quantitative estimate of drug-likeness (QED) is 0.118. The minimum atomic E-state index is -0.108. The lowest BCUT2D eigenvalue weighted by Crippen LogP contribution is -2.19. The lowest BCUT2D eigenvalue weighted by Gasteiger charge is -2.20. The van der Waals surface area contributed by atoms with Crippen LogP contribution in [0.15, 0.2) is 182 Å². The topological polar surface area (TPSA) is 38.7 Å². The van der Waals surface area contributed by atoms with Crippen molar-refractivity contribution in [2.45, 2.75) is 17.3 Å². The third kappa shape index (κ3) is 7.04. The van der Waals surface area contributed by atoms with Gasteiger partial charge in [-0.05, 0) is 106 Å². The molecule has 10 rings (SSSR count). The molecular weight excluding hydrogens is 850 g/mol. The molecular formula is C54H38IN3S. The predicted octanol–water partition coefficient (Wildman–Crippen LogP) is 13.3. The van der Waals surface area contributed by atoms with Crippen LogP contribution in [-0.2, 0) is 3.42 Å². The van der Waals surface area contributed by atoms with Crippen molar-refractivity contribution in [2.75, 3.05) is 0 Å². The molecule has 2 heterocycles. The highest BCUT2D eigenvalue weighted by atomic mass is 127. The van der Waals surface area contributed by atoms with Crippen LogP contribution in [0.2, 0.25) is 0 Å². The maximum atomic E-state index is 5.19. The van der Waals surface area contributed by atoms with Crippen LogP contribution in [0, 0.1) is 0 Å². The fourth-order valence-corrected chi connectivity index (χ4v) is 10.1. The molecule has 0 saturated heterocycles. The summed E-state index contributed by atoms with van der Waals surface area (Å²) in [4.78, 5) is 15.4. The van der Waals surface area contributed by atoms with Crippen LogP contribution in [-0.4, -0.2) is 15.0 Å². The molecule has 2 aromatic heterocycles. The fraction of sp³-hybridized carbons (Fsp3) is 0.0556. The van der Waals surface area contributed by atoms with Gasteiger partial charge in [-0.25, -0.2) is 15.0 Å². The molecule has 0 spiro atoms. The van der Waals surface area contributed by atoms with Gasteiger partial charge in [0.1, 0.15) is 0 Å². The third-order valence-corrected chi connectivity index (χ3v) is 13.5. The van der Waals surface area contributed by atoms with E-state index < -0.39 is 0 Å². The fourth-order valence-electron chi connectivity index (χ4n) is 8.15. The number of hydrogen-bond acceptors (Lipinski definition) is 4. The monoisotopic (exact) mass is 887 g/mol. The van der Waals surface area contributed by atoms with Crippen molar-refractivity contribution in [3.05, 3.63) is 209 Å². The third-order valence-electron chi connectivity index (χ3n) is 11.2. The smallest absolute Gasteiger partial charge is 0.164 e. The first kappa shape index (κ1) is 37.0. The molecule has 9 aromatic rings. The van der Waals surface area contributed by atoms with Crippen molar-refractivity contribution < 1.29 is 0 Å². The summed E-state index contributed by atoms with van der Waals surface area (Å²) in [6.45, 7) is 4.36. The number of nitrogens with zero attached hydrogens (tertiary/aromatic N) is 3. The molecule has 1 aliphatic carbocycles. The normalized spacial score (nSPS) is 15.2. The second-order valence-corrected chi connectivity index (χ2v) is 18.2. The van der Waals surface area contributed by atoms with Crippen LogP contribution < -0.4 is 9.75 Å². The lowest BCUT2D eigenvalue weighted by molar-refractivity contribution is 0.916. The number of halogens is 1. The van der Waals surface area contributed by atoms with Crippen molar-refractivity contribution in [2.24, 2.45) is 0 Å². The maximum absolute atomic E-state index is 5.19.